The van der Waals surface area contributed by atoms with E-state index in [4.69, 9.17) is 9.97 Å². The van der Waals surface area contributed by atoms with Gasteiger partial charge in [-0.05, 0) is 50.0 Å². The van der Waals surface area contributed by atoms with Crippen LogP contribution in [0.2, 0.25) is 0 Å². The van der Waals surface area contributed by atoms with Gasteiger partial charge in [0, 0.05) is 48.4 Å². The molecule has 0 atom stereocenters. The van der Waals surface area contributed by atoms with Gasteiger partial charge in [0.2, 0.25) is 5.95 Å². The lowest BCUT2D eigenvalue weighted by molar-refractivity contribution is 0.577. The summed E-state index contributed by atoms with van der Waals surface area (Å²) in [5, 5.41) is 10.9. The molecule has 3 aromatic heterocycles. The second-order valence-corrected chi connectivity index (χ2v) is 10.3. The Morgan fingerprint density at radius 2 is 1.81 bits per heavy atom. The van der Waals surface area contributed by atoms with Crippen LogP contribution in [0.15, 0.2) is 35.6 Å². The number of aryl methyl sites for hydroxylation is 1. The second kappa shape index (κ2) is 8.88. The van der Waals surface area contributed by atoms with Gasteiger partial charge >= 0.3 is 0 Å². The highest BCUT2D eigenvalue weighted by molar-refractivity contribution is 7.98. The van der Waals surface area contributed by atoms with Crippen LogP contribution in [-0.4, -0.2) is 43.0 Å². The number of imidazole rings is 1. The number of hydrogen-bond donors (Lipinski definition) is 2. The molecule has 11 heteroatoms. The Balaban J connectivity index is 1.48. The summed E-state index contributed by atoms with van der Waals surface area (Å²) in [6.45, 7) is 0. The van der Waals surface area contributed by atoms with Gasteiger partial charge in [-0.1, -0.05) is 0 Å². The van der Waals surface area contributed by atoms with Crippen LogP contribution in [0.4, 0.5) is 32.1 Å². The molecule has 2 aliphatic rings. The fourth-order valence-electron chi connectivity index (χ4n) is 4.40. The molecule has 6 rings (SSSR count). The molecule has 0 unspecified atom stereocenters. The molecule has 0 saturated heterocycles. The van der Waals surface area contributed by atoms with E-state index >= 15 is 8.78 Å². The fraction of sp³-hybridized carbons (Fsp3) is 0.360. The molecule has 8 nitrogen and oxygen atoms in total. The molecule has 2 N–H and O–H groups in total. The molecule has 1 aromatic carbocycles. The highest BCUT2D eigenvalue weighted by Crippen LogP contribution is 2.48. The van der Waals surface area contributed by atoms with Crippen molar-refractivity contribution in [2.75, 3.05) is 23.5 Å². The maximum absolute atomic E-state index is 15.0. The van der Waals surface area contributed by atoms with E-state index < -0.39 is 11.6 Å². The highest BCUT2D eigenvalue weighted by atomic mass is 32.2. The first-order chi connectivity index (χ1) is 17.4. The molecule has 2 aliphatic carbocycles. The summed E-state index contributed by atoms with van der Waals surface area (Å²) in [6.07, 6.45) is 9.72. The number of rotatable bonds is 8. The number of H-pyrrole nitrogens is 1. The molecule has 36 heavy (non-hydrogen) atoms. The lowest BCUT2D eigenvalue weighted by Crippen LogP contribution is -2.18. The zero-order valence-electron chi connectivity index (χ0n) is 20.2. The predicted octanol–water partition coefficient (Wildman–Crippen LogP) is 5.87. The Morgan fingerprint density at radius 1 is 1.08 bits per heavy atom. The van der Waals surface area contributed by atoms with E-state index in [-0.39, 0.29) is 17.6 Å². The van der Waals surface area contributed by atoms with E-state index in [9.17, 15) is 0 Å². The van der Waals surface area contributed by atoms with Gasteiger partial charge in [0.05, 0.1) is 6.33 Å². The Bertz CT molecular complexity index is 1420. The molecule has 0 radical (unpaired) electrons. The minimum atomic E-state index is -0.674. The number of nitrogens with zero attached hydrogens (tertiary/aromatic N) is 6. The smallest absolute Gasteiger partial charge is 0.232 e. The first-order valence-corrected chi connectivity index (χ1v) is 13.1. The van der Waals surface area contributed by atoms with E-state index in [1.807, 2.05) is 23.9 Å². The number of hydrogen-bond acceptors (Lipinski definition) is 7. The van der Waals surface area contributed by atoms with Gasteiger partial charge in [0.1, 0.15) is 22.9 Å². The second-order valence-electron chi connectivity index (χ2n) is 9.44. The van der Waals surface area contributed by atoms with Crippen molar-refractivity contribution in [2.45, 2.75) is 42.4 Å². The van der Waals surface area contributed by atoms with Crippen molar-refractivity contribution < 1.29 is 8.78 Å². The van der Waals surface area contributed by atoms with E-state index in [0.717, 1.165) is 36.9 Å². The summed E-state index contributed by atoms with van der Waals surface area (Å²) in [5.74, 6) is 0.849. The number of nitrogens with one attached hydrogen (secondary N) is 2. The van der Waals surface area contributed by atoms with Crippen molar-refractivity contribution in [1.82, 2.24) is 29.7 Å². The summed E-state index contributed by atoms with van der Waals surface area (Å²) in [7, 11) is 3.46. The summed E-state index contributed by atoms with van der Waals surface area (Å²) in [6, 6.07) is 4.64. The molecular formula is C25H26F2N8S. The van der Waals surface area contributed by atoms with Gasteiger partial charge < -0.3 is 14.8 Å². The van der Waals surface area contributed by atoms with Crippen LogP contribution in [0.25, 0.3) is 11.4 Å². The minimum Gasteiger partial charge on any atom is -0.340 e. The van der Waals surface area contributed by atoms with Gasteiger partial charge in [-0.15, -0.1) is 11.8 Å². The van der Waals surface area contributed by atoms with Crippen LogP contribution < -0.4 is 10.2 Å². The van der Waals surface area contributed by atoms with Crippen LogP contribution in [0.3, 0.4) is 0 Å². The Labute approximate surface area is 211 Å². The zero-order valence-corrected chi connectivity index (χ0v) is 21.0. The SMILES string of the molecule is CSc1cc(F)c(N(C)c2nc(Nc3cc(C4CC4)[nH]n3)c(C3CC3)c(-c3cn(C)cn3)n2)c(F)c1. The van der Waals surface area contributed by atoms with Crippen LogP contribution in [-0.2, 0) is 7.05 Å². The first-order valence-electron chi connectivity index (χ1n) is 11.9. The summed E-state index contributed by atoms with van der Waals surface area (Å²) < 4.78 is 31.9. The lowest BCUT2D eigenvalue weighted by Gasteiger charge is -2.22. The number of aromatic amines is 1. The zero-order chi connectivity index (χ0) is 25.0. The highest BCUT2D eigenvalue weighted by Gasteiger charge is 2.34. The topological polar surface area (TPSA) is 87.5 Å². The van der Waals surface area contributed by atoms with Gasteiger partial charge in [-0.2, -0.15) is 10.1 Å². The normalized spacial score (nSPS) is 15.4. The quantitative estimate of drug-likeness (QED) is 0.288. The average molecular weight is 509 g/mol. The largest absolute Gasteiger partial charge is 0.340 e. The maximum atomic E-state index is 15.0. The number of anilines is 4. The number of thioether (sulfide) groups is 1. The van der Waals surface area contributed by atoms with Crippen LogP contribution in [0, 0.1) is 11.6 Å². The van der Waals surface area contributed by atoms with Crippen LogP contribution >= 0.6 is 11.8 Å². The molecule has 0 aliphatic heterocycles. The van der Waals surface area contributed by atoms with Gasteiger partial charge in [0.15, 0.2) is 17.5 Å². The molecule has 0 amide bonds. The van der Waals surface area contributed by atoms with Gasteiger partial charge in [-0.25, -0.2) is 18.7 Å². The number of benzene rings is 1. The molecule has 0 spiro atoms. The lowest BCUT2D eigenvalue weighted by atomic mass is 10.1. The van der Waals surface area contributed by atoms with Crippen LogP contribution in [0.1, 0.15) is 48.8 Å². The molecule has 2 fully saturated rings. The average Bonchev–Trinajstić information content (AvgIpc) is 3.79. The van der Waals surface area contributed by atoms with E-state index in [1.165, 1.54) is 28.8 Å². The monoisotopic (exact) mass is 508 g/mol. The van der Waals surface area contributed by atoms with Gasteiger partial charge in [-0.3, -0.25) is 5.10 Å². The minimum absolute atomic E-state index is 0.162. The van der Waals surface area contributed by atoms with Crippen molar-refractivity contribution in [3.8, 4) is 11.4 Å². The third-order valence-corrected chi connectivity index (χ3v) is 7.30. The first kappa shape index (κ1) is 23.0. The fourth-order valence-corrected chi connectivity index (χ4v) is 4.84. The van der Waals surface area contributed by atoms with E-state index in [0.29, 0.717) is 33.8 Å². The third-order valence-electron chi connectivity index (χ3n) is 6.59. The summed E-state index contributed by atoms with van der Waals surface area (Å²) in [5.41, 5.74) is 3.16. The predicted molar refractivity (Wildman–Crippen MR) is 136 cm³/mol. The molecule has 3 heterocycles. The molecule has 186 valence electrons. The van der Waals surface area contributed by atoms with Crippen LogP contribution in [0.5, 0.6) is 0 Å². The molecule has 4 aromatic rings. The Kier molecular flexibility index (Phi) is 5.66. The molecular weight excluding hydrogens is 482 g/mol. The van der Waals surface area contributed by atoms with Crippen molar-refractivity contribution >= 4 is 35.0 Å². The Morgan fingerprint density at radius 3 is 2.42 bits per heavy atom. The van der Waals surface area contributed by atoms with E-state index in [2.05, 4.69) is 20.5 Å². The number of aromatic nitrogens is 6. The number of halogens is 2. The Hall–Kier alpha value is -3.47. The van der Waals surface area contributed by atoms with Crippen molar-refractivity contribution in [3.63, 3.8) is 0 Å². The molecule has 0 bridgehead atoms. The molecule has 2 saturated carbocycles. The summed E-state index contributed by atoms with van der Waals surface area (Å²) >= 11 is 1.28. The maximum Gasteiger partial charge on any atom is 0.232 e. The van der Waals surface area contributed by atoms with Gasteiger partial charge in [0.25, 0.3) is 0 Å². The summed E-state index contributed by atoms with van der Waals surface area (Å²) in [4.78, 5) is 16.0. The van der Waals surface area contributed by atoms with Crippen molar-refractivity contribution in [1.29, 1.82) is 0 Å². The standard InChI is InChI=1S/C25H26F2N8S/c1-34-11-19(28-12-34)22-21(14-6-7-14)24(29-20-10-18(32-33-20)13-4-5-13)31-25(30-22)35(2)23-16(26)8-15(36-3)9-17(23)27/h8-14H,4-7H2,1-3H3,(H2,29,30,31,32,33). The third kappa shape index (κ3) is 4.32. The van der Waals surface area contributed by atoms with Crippen molar-refractivity contribution in [3.05, 3.63) is 53.6 Å². The van der Waals surface area contributed by atoms with Crippen molar-refractivity contribution in [2.24, 2.45) is 7.05 Å². The van der Waals surface area contributed by atoms with E-state index in [1.54, 1.807) is 19.6 Å².